The fourth-order valence-corrected chi connectivity index (χ4v) is 7.31. The Labute approximate surface area is 256 Å². The summed E-state index contributed by atoms with van der Waals surface area (Å²) in [6, 6.07) is 47.8. The van der Waals surface area contributed by atoms with Gasteiger partial charge in [-0.25, -0.2) is 15.0 Å². The number of hydrogen-bond acceptors (Lipinski definition) is 5. The van der Waals surface area contributed by atoms with Gasteiger partial charge in [-0.2, -0.15) is 0 Å². The van der Waals surface area contributed by atoms with Crippen molar-refractivity contribution >= 4 is 53.4 Å². The van der Waals surface area contributed by atoms with Gasteiger partial charge in [-0.05, 0) is 23.8 Å². The molecule has 0 aliphatic carbocycles. The Morgan fingerprint density at radius 2 is 0.977 bits per heavy atom. The molecule has 9 rings (SSSR count). The molecule has 0 atom stereocenters. The molecule has 0 fully saturated rings. The summed E-state index contributed by atoms with van der Waals surface area (Å²) < 4.78 is 9.25. The largest absolute Gasteiger partial charge is 0.455 e. The fourth-order valence-electron chi connectivity index (χ4n) is 6.17. The second kappa shape index (κ2) is 9.97. The number of furan rings is 1. The zero-order valence-corrected chi connectivity index (χ0v) is 24.3. The minimum absolute atomic E-state index is 0.613. The summed E-state index contributed by atoms with van der Waals surface area (Å²) in [5, 5.41) is 4.56. The number of thiophene rings is 1. The van der Waals surface area contributed by atoms with Gasteiger partial charge in [-0.3, -0.25) is 0 Å². The number of hydrogen-bond donors (Lipinski definition) is 0. The first-order chi connectivity index (χ1) is 21.8. The Balaban J connectivity index is 1.31. The first kappa shape index (κ1) is 24.9. The number of benzene rings is 6. The monoisotopic (exact) mass is 581 g/mol. The van der Waals surface area contributed by atoms with Gasteiger partial charge in [0, 0.05) is 53.2 Å². The average molecular weight is 582 g/mol. The summed E-state index contributed by atoms with van der Waals surface area (Å²) in [7, 11) is 0. The molecule has 3 heterocycles. The van der Waals surface area contributed by atoms with E-state index in [1.165, 1.54) is 25.7 Å². The molecule has 4 nitrogen and oxygen atoms in total. The summed E-state index contributed by atoms with van der Waals surface area (Å²) >= 11 is 1.83. The smallest absolute Gasteiger partial charge is 0.164 e. The Morgan fingerprint density at radius 3 is 1.75 bits per heavy atom. The van der Waals surface area contributed by atoms with Crippen LogP contribution >= 0.6 is 11.3 Å². The molecule has 6 aromatic carbocycles. The molecule has 206 valence electrons. The highest BCUT2D eigenvalue weighted by atomic mass is 32.1. The summed E-state index contributed by atoms with van der Waals surface area (Å²) in [5.41, 5.74) is 6.70. The molecular formula is C39H23N3OS. The second-order valence-electron chi connectivity index (χ2n) is 10.8. The highest BCUT2D eigenvalue weighted by Gasteiger charge is 2.20. The van der Waals surface area contributed by atoms with E-state index in [9.17, 15) is 0 Å². The van der Waals surface area contributed by atoms with Crippen LogP contribution < -0.4 is 0 Å². The third-order valence-corrected chi connectivity index (χ3v) is 9.29. The van der Waals surface area contributed by atoms with Crippen molar-refractivity contribution in [3.63, 3.8) is 0 Å². The lowest BCUT2D eigenvalue weighted by Crippen LogP contribution is -2.00. The van der Waals surface area contributed by atoms with Crippen molar-refractivity contribution in [3.8, 4) is 45.3 Å². The van der Waals surface area contributed by atoms with E-state index in [0.29, 0.717) is 17.5 Å². The number of para-hydroxylation sites is 1. The van der Waals surface area contributed by atoms with E-state index in [-0.39, 0.29) is 0 Å². The van der Waals surface area contributed by atoms with Gasteiger partial charge in [0.25, 0.3) is 0 Å². The highest BCUT2D eigenvalue weighted by Crippen LogP contribution is 2.44. The minimum atomic E-state index is 0.613. The molecule has 0 radical (unpaired) electrons. The quantitative estimate of drug-likeness (QED) is 0.207. The molecule has 0 unspecified atom stereocenters. The molecule has 9 aromatic rings. The molecular weight excluding hydrogens is 559 g/mol. The topological polar surface area (TPSA) is 51.8 Å². The molecule has 0 bridgehead atoms. The van der Waals surface area contributed by atoms with Crippen LogP contribution in [-0.2, 0) is 0 Å². The fraction of sp³-hybridized carbons (Fsp3) is 0. The SMILES string of the molecule is c1ccc(-c2nc(-c3ccccc3)nc(-c3cccc4oc5c(-c6cccc7sc8ccccc8c67)cccc5c34)n2)cc1. The maximum Gasteiger partial charge on any atom is 0.164 e. The molecule has 0 aliphatic heterocycles. The van der Waals surface area contributed by atoms with E-state index in [2.05, 4.69) is 66.7 Å². The molecule has 0 spiro atoms. The van der Waals surface area contributed by atoms with Crippen LogP contribution in [-0.4, -0.2) is 15.0 Å². The van der Waals surface area contributed by atoms with Gasteiger partial charge in [-0.15, -0.1) is 11.3 Å². The maximum absolute atomic E-state index is 6.70. The lowest BCUT2D eigenvalue weighted by molar-refractivity contribution is 0.670. The van der Waals surface area contributed by atoms with E-state index in [1.54, 1.807) is 0 Å². The van der Waals surface area contributed by atoms with Gasteiger partial charge in [0.05, 0.1) is 0 Å². The molecule has 0 amide bonds. The zero-order valence-electron chi connectivity index (χ0n) is 23.4. The minimum Gasteiger partial charge on any atom is -0.455 e. The van der Waals surface area contributed by atoms with Gasteiger partial charge in [0.2, 0.25) is 0 Å². The van der Waals surface area contributed by atoms with Crippen molar-refractivity contribution < 1.29 is 4.42 Å². The second-order valence-corrected chi connectivity index (χ2v) is 11.9. The van der Waals surface area contributed by atoms with Crippen LogP contribution in [0, 0.1) is 0 Å². The molecule has 44 heavy (non-hydrogen) atoms. The van der Waals surface area contributed by atoms with Gasteiger partial charge < -0.3 is 4.42 Å². The Morgan fingerprint density at radius 1 is 0.409 bits per heavy atom. The van der Waals surface area contributed by atoms with E-state index in [4.69, 9.17) is 19.4 Å². The predicted molar refractivity (Wildman–Crippen MR) is 182 cm³/mol. The third-order valence-electron chi connectivity index (χ3n) is 8.16. The molecule has 0 saturated heterocycles. The zero-order chi connectivity index (χ0) is 29.0. The number of fused-ring (bicyclic) bond motifs is 6. The molecule has 0 aliphatic rings. The Hall–Kier alpha value is -5.65. The number of aromatic nitrogens is 3. The van der Waals surface area contributed by atoms with Gasteiger partial charge in [-0.1, -0.05) is 121 Å². The van der Waals surface area contributed by atoms with E-state index >= 15 is 0 Å². The van der Waals surface area contributed by atoms with Crippen molar-refractivity contribution in [2.45, 2.75) is 0 Å². The Bertz CT molecular complexity index is 2440. The number of rotatable bonds is 4. The van der Waals surface area contributed by atoms with Crippen LogP contribution in [0.4, 0.5) is 0 Å². The summed E-state index contributed by atoms with van der Waals surface area (Å²) in [4.78, 5) is 14.9. The van der Waals surface area contributed by atoms with Gasteiger partial charge >= 0.3 is 0 Å². The first-order valence-electron chi connectivity index (χ1n) is 14.5. The van der Waals surface area contributed by atoms with Crippen LogP contribution in [0.3, 0.4) is 0 Å². The third kappa shape index (κ3) is 3.94. The van der Waals surface area contributed by atoms with Crippen molar-refractivity contribution in [2.75, 3.05) is 0 Å². The van der Waals surface area contributed by atoms with Crippen molar-refractivity contribution in [2.24, 2.45) is 0 Å². The van der Waals surface area contributed by atoms with Crippen LogP contribution in [0.1, 0.15) is 0 Å². The van der Waals surface area contributed by atoms with Crippen LogP contribution in [0.25, 0.3) is 87.4 Å². The van der Waals surface area contributed by atoms with Crippen molar-refractivity contribution in [1.82, 2.24) is 15.0 Å². The summed E-state index contributed by atoms with van der Waals surface area (Å²) in [5.74, 6) is 1.88. The summed E-state index contributed by atoms with van der Waals surface area (Å²) in [6.07, 6.45) is 0. The van der Waals surface area contributed by atoms with Crippen LogP contribution in [0.2, 0.25) is 0 Å². The first-order valence-corrected chi connectivity index (χ1v) is 15.4. The average Bonchev–Trinajstić information content (AvgIpc) is 3.68. The normalized spacial score (nSPS) is 11.6. The molecule has 0 saturated carbocycles. The summed E-state index contributed by atoms with van der Waals surface area (Å²) in [6.45, 7) is 0. The van der Waals surface area contributed by atoms with Gasteiger partial charge in [0.15, 0.2) is 17.5 Å². The van der Waals surface area contributed by atoms with Crippen molar-refractivity contribution in [3.05, 3.63) is 140 Å². The van der Waals surface area contributed by atoms with E-state index in [0.717, 1.165) is 44.2 Å². The standard InChI is InChI=1S/C39H23N3OS/c1-3-12-24(13-4-1)37-40-38(25-14-5-2-6-15-25)42-39(41-37)30-20-10-21-31-34(30)29-19-9-18-27(36(29)43-31)26-17-11-23-33-35(26)28-16-7-8-22-32(28)44-33/h1-23H. The van der Waals surface area contributed by atoms with Crippen LogP contribution in [0.5, 0.6) is 0 Å². The molecule has 5 heteroatoms. The number of nitrogens with zero attached hydrogens (tertiary/aromatic N) is 3. The molecule has 3 aromatic heterocycles. The van der Waals surface area contributed by atoms with E-state index < -0.39 is 0 Å². The van der Waals surface area contributed by atoms with Crippen LogP contribution in [0.15, 0.2) is 144 Å². The Kier molecular flexibility index (Phi) is 5.64. The lowest BCUT2D eigenvalue weighted by Gasteiger charge is -2.09. The highest BCUT2D eigenvalue weighted by molar-refractivity contribution is 7.25. The van der Waals surface area contributed by atoms with E-state index in [1.807, 2.05) is 84.1 Å². The van der Waals surface area contributed by atoms with Crippen molar-refractivity contribution in [1.29, 1.82) is 0 Å². The van der Waals surface area contributed by atoms with Gasteiger partial charge in [0.1, 0.15) is 11.2 Å². The maximum atomic E-state index is 6.70. The predicted octanol–water partition coefficient (Wildman–Crippen LogP) is 10.8. The molecule has 0 N–H and O–H groups in total. The lowest BCUT2D eigenvalue weighted by atomic mass is 9.97.